The molecule has 0 saturated heterocycles. The van der Waals surface area contributed by atoms with Gasteiger partial charge in [-0.05, 0) is 52.4 Å². The molecule has 0 unspecified atom stereocenters. The fourth-order valence-corrected chi connectivity index (χ4v) is 5.91. The van der Waals surface area contributed by atoms with Crippen molar-refractivity contribution in [1.29, 1.82) is 0 Å². The molecule has 1 fully saturated rings. The Hall–Kier alpha value is 0.570. The number of nitrogens with one attached hydrogen (secondary N) is 1. The Morgan fingerprint density at radius 3 is 2.45 bits per heavy atom. The van der Waals surface area contributed by atoms with E-state index in [1.54, 1.807) is 18.2 Å². The average Bonchev–Trinajstić information content (AvgIpc) is 2.89. The van der Waals surface area contributed by atoms with Gasteiger partial charge in [0.2, 0.25) is 10.0 Å². The van der Waals surface area contributed by atoms with Crippen LogP contribution >= 0.6 is 47.8 Å². The number of halogens is 3. The molecule has 0 heterocycles. The van der Waals surface area contributed by atoms with Gasteiger partial charge in [-0.1, -0.05) is 44.7 Å². The molecule has 0 aromatic heterocycles. The highest BCUT2D eigenvalue weighted by Crippen LogP contribution is 2.39. The molecule has 0 spiro atoms. The predicted molar refractivity (Wildman–Crippen MR) is 91.7 cm³/mol. The van der Waals surface area contributed by atoms with Crippen LogP contribution in [0.3, 0.4) is 0 Å². The van der Waals surface area contributed by atoms with Crippen LogP contribution in [0.5, 0.6) is 0 Å². The van der Waals surface area contributed by atoms with Gasteiger partial charge in [0.15, 0.2) is 0 Å². The number of benzene rings is 1. The molecule has 7 heteroatoms. The number of alkyl halides is 1. The minimum Gasteiger partial charge on any atom is -0.211 e. The highest BCUT2D eigenvalue weighted by Gasteiger charge is 2.34. The van der Waals surface area contributed by atoms with E-state index in [2.05, 4.69) is 52.5 Å². The summed E-state index contributed by atoms with van der Waals surface area (Å²) in [6.07, 6.45) is 4.49. The lowest BCUT2D eigenvalue weighted by atomic mass is 9.89. The van der Waals surface area contributed by atoms with E-state index in [0.717, 1.165) is 22.6 Å². The number of hydrogen-bond acceptors (Lipinski definition) is 2. The first-order chi connectivity index (χ1) is 9.38. The first-order valence-electron chi connectivity index (χ1n) is 6.39. The van der Waals surface area contributed by atoms with Gasteiger partial charge in [-0.15, -0.1) is 0 Å². The van der Waals surface area contributed by atoms with Crippen LogP contribution < -0.4 is 4.72 Å². The monoisotopic (exact) mass is 487 g/mol. The molecular formula is C13H16Br3NO2S. The van der Waals surface area contributed by atoms with Crippen LogP contribution in [0.15, 0.2) is 32.0 Å². The Morgan fingerprint density at radius 2 is 1.85 bits per heavy atom. The zero-order valence-corrected chi connectivity index (χ0v) is 16.4. The lowest BCUT2D eigenvalue weighted by molar-refractivity contribution is 0.347. The van der Waals surface area contributed by atoms with Crippen molar-refractivity contribution in [3.63, 3.8) is 0 Å². The summed E-state index contributed by atoms with van der Waals surface area (Å²) < 4.78 is 29.0. The van der Waals surface area contributed by atoms with E-state index in [1.807, 2.05) is 0 Å². The van der Waals surface area contributed by atoms with Crippen molar-refractivity contribution in [1.82, 2.24) is 4.72 Å². The molecule has 1 N–H and O–H groups in total. The second kappa shape index (κ2) is 6.77. The van der Waals surface area contributed by atoms with Crippen molar-refractivity contribution < 1.29 is 8.42 Å². The summed E-state index contributed by atoms with van der Waals surface area (Å²) in [4.78, 5) is 0.273. The second-order valence-electron chi connectivity index (χ2n) is 5.24. The van der Waals surface area contributed by atoms with Gasteiger partial charge in [0, 0.05) is 20.8 Å². The number of sulfonamides is 1. The third-order valence-electron chi connectivity index (χ3n) is 3.77. The van der Waals surface area contributed by atoms with Crippen LogP contribution in [0.2, 0.25) is 0 Å². The van der Waals surface area contributed by atoms with Crippen LogP contribution in [-0.4, -0.2) is 20.3 Å². The topological polar surface area (TPSA) is 46.2 Å². The maximum absolute atomic E-state index is 12.4. The van der Waals surface area contributed by atoms with Gasteiger partial charge in [-0.2, -0.15) is 0 Å². The predicted octanol–water partition coefficient (Wildman–Crippen LogP) is 4.45. The van der Waals surface area contributed by atoms with E-state index in [9.17, 15) is 8.42 Å². The third-order valence-corrected chi connectivity index (χ3v) is 7.85. The van der Waals surface area contributed by atoms with Gasteiger partial charge in [0.05, 0.1) is 4.90 Å². The van der Waals surface area contributed by atoms with E-state index in [4.69, 9.17) is 0 Å². The Morgan fingerprint density at radius 1 is 1.20 bits per heavy atom. The van der Waals surface area contributed by atoms with Crippen LogP contribution in [0.4, 0.5) is 0 Å². The largest absolute Gasteiger partial charge is 0.241 e. The quantitative estimate of drug-likeness (QED) is 0.621. The van der Waals surface area contributed by atoms with Gasteiger partial charge in [0.1, 0.15) is 0 Å². The van der Waals surface area contributed by atoms with Gasteiger partial charge in [-0.25, -0.2) is 13.1 Å². The van der Waals surface area contributed by atoms with Crippen molar-refractivity contribution >= 4 is 57.8 Å². The molecule has 1 aliphatic carbocycles. The summed E-state index contributed by atoms with van der Waals surface area (Å²) in [6, 6.07) is 5.15. The zero-order chi connectivity index (χ0) is 14.8. The summed E-state index contributed by atoms with van der Waals surface area (Å²) >= 11 is 10.1. The summed E-state index contributed by atoms with van der Waals surface area (Å²) in [7, 11) is -3.50. The molecule has 3 nitrogen and oxygen atoms in total. The molecule has 112 valence electrons. The lowest BCUT2D eigenvalue weighted by Gasteiger charge is -2.26. The van der Waals surface area contributed by atoms with Crippen LogP contribution in [0.1, 0.15) is 25.7 Å². The molecule has 0 amide bonds. The molecule has 0 atom stereocenters. The molecule has 0 bridgehead atoms. The number of rotatable bonds is 5. The number of hydrogen-bond donors (Lipinski definition) is 1. The maximum Gasteiger partial charge on any atom is 0.241 e. The van der Waals surface area contributed by atoms with E-state index >= 15 is 0 Å². The van der Waals surface area contributed by atoms with Crippen molar-refractivity contribution in [2.75, 3.05) is 11.9 Å². The van der Waals surface area contributed by atoms with Gasteiger partial charge >= 0.3 is 0 Å². The average molecular weight is 490 g/mol. The molecule has 1 aromatic carbocycles. The standard InChI is InChI=1S/C13H16Br3NO2S/c14-8-13(5-1-2-6-13)9-17-20(18,19)12-7-10(15)3-4-11(12)16/h3-4,7,17H,1-2,5-6,8-9H2. The third kappa shape index (κ3) is 3.85. The molecule has 0 radical (unpaired) electrons. The molecule has 1 aliphatic rings. The Balaban J connectivity index is 2.17. The minimum absolute atomic E-state index is 0.0611. The first kappa shape index (κ1) is 16.9. The highest BCUT2D eigenvalue weighted by molar-refractivity contribution is 9.11. The molecule has 1 saturated carbocycles. The first-order valence-corrected chi connectivity index (χ1v) is 10.6. The van der Waals surface area contributed by atoms with Gasteiger partial charge < -0.3 is 0 Å². The second-order valence-corrected chi connectivity index (χ2v) is 9.31. The molecule has 1 aromatic rings. The Labute approximate surface area is 145 Å². The zero-order valence-electron chi connectivity index (χ0n) is 10.8. The molecule has 2 rings (SSSR count). The van der Waals surface area contributed by atoms with Crippen molar-refractivity contribution in [2.24, 2.45) is 5.41 Å². The summed E-state index contributed by atoms with van der Waals surface area (Å²) in [5.41, 5.74) is 0.0611. The minimum atomic E-state index is -3.50. The van der Waals surface area contributed by atoms with Crippen molar-refractivity contribution in [3.05, 3.63) is 27.1 Å². The molecule has 20 heavy (non-hydrogen) atoms. The van der Waals surface area contributed by atoms with Crippen molar-refractivity contribution in [2.45, 2.75) is 30.6 Å². The lowest BCUT2D eigenvalue weighted by Crippen LogP contribution is -2.37. The van der Waals surface area contributed by atoms with Crippen LogP contribution in [0, 0.1) is 5.41 Å². The SMILES string of the molecule is O=S(=O)(NCC1(CBr)CCCC1)c1cc(Br)ccc1Br. The van der Waals surface area contributed by atoms with E-state index in [-0.39, 0.29) is 10.3 Å². The van der Waals surface area contributed by atoms with Crippen molar-refractivity contribution in [3.8, 4) is 0 Å². The maximum atomic E-state index is 12.4. The summed E-state index contributed by atoms with van der Waals surface area (Å²) in [5, 5.41) is 0.835. The highest BCUT2D eigenvalue weighted by atomic mass is 79.9. The normalized spacial score (nSPS) is 18.4. The van der Waals surface area contributed by atoms with E-state index in [1.165, 1.54) is 12.8 Å². The van der Waals surface area contributed by atoms with E-state index < -0.39 is 10.0 Å². The van der Waals surface area contributed by atoms with E-state index in [0.29, 0.717) is 11.0 Å². The Bertz CT molecular complexity index is 583. The fraction of sp³-hybridized carbons (Fsp3) is 0.538. The van der Waals surface area contributed by atoms with Gasteiger partial charge in [-0.3, -0.25) is 0 Å². The smallest absolute Gasteiger partial charge is 0.211 e. The fourth-order valence-electron chi connectivity index (χ4n) is 2.49. The Kier molecular flexibility index (Phi) is 5.73. The van der Waals surface area contributed by atoms with Crippen LogP contribution in [0.25, 0.3) is 0 Å². The summed E-state index contributed by atoms with van der Waals surface area (Å²) in [6.45, 7) is 0.486. The van der Waals surface area contributed by atoms with Crippen LogP contribution in [-0.2, 0) is 10.0 Å². The molecular weight excluding hydrogens is 474 g/mol. The molecule has 0 aliphatic heterocycles. The summed E-state index contributed by atoms with van der Waals surface area (Å²) in [5.74, 6) is 0. The van der Waals surface area contributed by atoms with Gasteiger partial charge in [0.25, 0.3) is 0 Å².